The molecule has 5 aromatic rings. The molecule has 2 heterocycles. The van der Waals surface area contributed by atoms with Gasteiger partial charge in [0, 0.05) is 27.9 Å². The van der Waals surface area contributed by atoms with Gasteiger partial charge in [0.25, 0.3) is 0 Å². The first kappa shape index (κ1) is 24.0. The Morgan fingerprint density at radius 2 is 1.46 bits per heavy atom. The van der Waals surface area contributed by atoms with Gasteiger partial charge in [-0.2, -0.15) is 0 Å². The molecular weight excluding hydrogens is 450 g/mol. The van der Waals surface area contributed by atoms with Crippen LogP contribution in [-0.4, -0.2) is 4.98 Å². The van der Waals surface area contributed by atoms with Gasteiger partial charge in [0.2, 0.25) is 0 Å². The monoisotopic (exact) mass is 487 g/mol. The molecule has 0 unspecified atom stereocenters. The third-order valence-electron chi connectivity index (χ3n) is 8.38. The highest BCUT2D eigenvalue weighted by Gasteiger charge is 2.44. The molecule has 0 aliphatic heterocycles. The van der Waals surface area contributed by atoms with Crippen molar-refractivity contribution in [1.29, 1.82) is 0 Å². The predicted molar refractivity (Wildman–Crippen MR) is 156 cm³/mol. The number of furan rings is 1. The van der Waals surface area contributed by atoms with Crippen LogP contribution in [0.15, 0.2) is 65.2 Å². The summed E-state index contributed by atoms with van der Waals surface area (Å²) in [5, 5.41) is 2.39. The minimum Gasteiger partial charge on any atom is -0.455 e. The summed E-state index contributed by atoms with van der Waals surface area (Å²) in [6, 6.07) is 20.5. The van der Waals surface area contributed by atoms with Crippen LogP contribution >= 0.6 is 0 Å². The van der Waals surface area contributed by atoms with Gasteiger partial charge in [-0.3, -0.25) is 4.98 Å². The van der Waals surface area contributed by atoms with Crippen LogP contribution in [0.4, 0.5) is 0 Å². The van der Waals surface area contributed by atoms with Crippen molar-refractivity contribution in [2.24, 2.45) is 11.8 Å². The van der Waals surface area contributed by atoms with E-state index >= 15 is 0 Å². The molecule has 37 heavy (non-hydrogen) atoms. The highest BCUT2D eigenvalue weighted by molar-refractivity contribution is 6.11. The van der Waals surface area contributed by atoms with Gasteiger partial charge in [-0.15, -0.1) is 0 Å². The average molecular weight is 488 g/mol. The summed E-state index contributed by atoms with van der Waals surface area (Å²) in [7, 11) is 0. The Labute approximate surface area is 220 Å². The molecule has 3 aromatic carbocycles. The van der Waals surface area contributed by atoms with Crippen molar-refractivity contribution in [3.8, 4) is 22.4 Å². The number of rotatable bonds is 5. The molecule has 2 nitrogen and oxygen atoms in total. The number of benzene rings is 3. The van der Waals surface area contributed by atoms with E-state index in [1.54, 1.807) is 0 Å². The second-order valence-corrected chi connectivity index (χ2v) is 12.1. The lowest BCUT2D eigenvalue weighted by atomic mass is 9.68. The normalized spacial score (nSPS) is 14.2. The molecule has 188 valence electrons. The molecule has 0 radical (unpaired) electrons. The molecule has 1 aliphatic rings. The first-order valence-electron chi connectivity index (χ1n) is 13.7. The van der Waals surface area contributed by atoms with E-state index in [0.717, 1.165) is 35.3 Å². The van der Waals surface area contributed by atoms with Crippen molar-refractivity contribution in [2.45, 2.75) is 66.7 Å². The van der Waals surface area contributed by atoms with E-state index in [1.807, 2.05) is 6.20 Å². The van der Waals surface area contributed by atoms with E-state index in [0.29, 0.717) is 11.8 Å². The summed E-state index contributed by atoms with van der Waals surface area (Å²) in [6.07, 6.45) is 4.27. The van der Waals surface area contributed by atoms with Crippen LogP contribution in [-0.2, 0) is 5.41 Å². The van der Waals surface area contributed by atoms with Crippen LogP contribution in [0.25, 0.3) is 44.3 Å². The molecule has 0 atom stereocenters. The van der Waals surface area contributed by atoms with Crippen molar-refractivity contribution < 1.29 is 4.42 Å². The fourth-order valence-corrected chi connectivity index (χ4v) is 6.88. The maximum absolute atomic E-state index is 6.72. The van der Waals surface area contributed by atoms with E-state index in [4.69, 9.17) is 9.40 Å². The molecule has 1 aliphatic carbocycles. The van der Waals surface area contributed by atoms with Gasteiger partial charge in [-0.1, -0.05) is 64.1 Å². The lowest BCUT2D eigenvalue weighted by molar-refractivity contribution is 0.337. The summed E-state index contributed by atoms with van der Waals surface area (Å²) in [6.45, 7) is 15.9. The molecule has 0 saturated heterocycles. The van der Waals surface area contributed by atoms with Gasteiger partial charge in [0.05, 0.1) is 5.69 Å². The zero-order valence-electron chi connectivity index (χ0n) is 23.2. The zero-order valence-corrected chi connectivity index (χ0v) is 23.2. The quantitative estimate of drug-likeness (QED) is 0.246. The van der Waals surface area contributed by atoms with Gasteiger partial charge >= 0.3 is 0 Å². The Bertz CT molecular complexity index is 1660. The first-order chi connectivity index (χ1) is 17.7. The molecule has 0 amide bonds. The minimum absolute atomic E-state index is 0.0230. The third kappa shape index (κ3) is 3.64. The number of aryl methyl sites for hydroxylation is 3. The van der Waals surface area contributed by atoms with E-state index in [1.165, 1.54) is 49.7 Å². The summed E-state index contributed by atoms with van der Waals surface area (Å²) in [5.74, 6) is 1.19. The average Bonchev–Trinajstić information content (AvgIpc) is 3.32. The Balaban J connectivity index is 1.67. The molecule has 0 spiro atoms. The van der Waals surface area contributed by atoms with Gasteiger partial charge < -0.3 is 4.42 Å². The minimum atomic E-state index is 0.0230. The van der Waals surface area contributed by atoms with Crippen molar-refractivity contribution >= 4 is 21.9 Å². The number of fused-ring (bicyclic) bond motifs is 6. The molecule has 0 fully saturated rings. The Hall–Kier alpha value is -3.39. The lowest BCUT2D eigenvalue weighted by Crippen LogP contribution is -2.29. The lowest BCUT2D eigenvalue weighted by Gasteiger charge is -2.35. The topological polar surface area (TPSA) is 26.0 Å². The zero-order chi connectivity index (χ0) is 26.1. The molecule has 0 bridgehead atoms. The van der Waals surface area contributed by atoms with E-state index < -0.39 is 0 Å². The Kier molecular flexibility index (Phi) is 5.56. The summed E-state index contributed by atoms with van der Waals surface area (Å²) >= 11 is 0. The fraction of sp³-hybridized carbons (Fsp3) is 0.343. The van der Waals surface area contributed by atoms with Gasteiger partial charge in [-0.05, 0) is 103 Å². The third-order valence-corrected chi connectivity index (χ3v) is 8.38. The number of pyridine rings is 1. The Morgan fingerprint density at radius 1 is 0.730 bits per heavy atom. The predicted octanol–water partition coefficient (Wildman–Crippen LogP) is 9.93. The molecule has 6 rings (SSSR count). The SMILES string of the molecule is Cc1cnc(-c2c(C)ccc3c2oc2cc4c(cc23)C(CC(C)C)(CC(C)C)c2ccccc2-4)cc1C. The van der Waals surface area contributed by atoms with Gasteiger partial charge in [-0.25, -0.2) is 0 Å². The van der Waals surface area contributed by atoms with Crippen LogP contribution in [0.2, 0.25) is 0 Å². The summed E-state index contributed by atoms with van der Waals surface area (Å²) in [5.41, 5.74) is 13.3. The maximum Gasteiger partial charge on any atom is 0.145 e. The highest BCUT2D eigenvalue weighted by Crippen LogP contribution is 2.56. The smallest absolute Gasteiger partial charge is 0.145 e. The van der Waals surface area contributed by atoms with Crippen molar-refractivity contribution in [3.05, 3.63) is 88.6 Å². The number of hydrogen-bond acceptors (Lipinski definition) is 2. The summed E-state index contributed by atoms with van der Waals surface area (Å²) in [4.78, 5) is 4.81. The largest absolute Gasteiger partial charge is 0.455 e. The van der Waals surface area contributed by atoms with Crippen molar-refractivity contribution in [2.75, 3.05) is 0 Å². The highest BCUT2D eigenvalue weighted by atomic mass is 16.3. The molecular formula is C35H37NO. The first-order valence-corrected chi connectivity index (χ1v) is 13.7. The van der Waals surface area contributed by atoms with E-state index in [9.17, 15) is 0 Å². The molecule has 2 aromatic heterocycles. The van der Waals surface area contributed by atoms with Crippen LogP contribution in [0, 0.1) is 32.6 Å². The van der Waals surface area contributed by atoms with Crippen LogP contribution in [0.3, 0.4) is 0 Å². The van der Waals surface area contributed by atoms with Crippen LogP contribution < -0.4 is 0 Å². The van der Waals surface area contributed by atoms with Crippen LogP contribution in [0.5, 0.6) is 0 Å². The molecule has 2 heteroatoms. The van der Waals surface area contributed by atoms with Crippen molar-refractivity contribution in [3.63, 3.8) is 0 Å². The Morgan fingerprint density at radius 3 is 2.16 bits per heavy atom. The van der Waals surface area contributed by atoms with E-state index in [-0.39, 0.29) is 5.41 Å². The maximum atomic E-state index is 6.72. The van der Waals surface area contributed by atoms with Crippen LogP contribution in [0.1, 0.15) is 68.4 Å². The fourth-order valence-electron chi connectivity index (χ4n) is 6.88. The number of aromatic nitrogens is 1. The number of nitrogens with zero attached hydrogens (tertiary/aromatic N) is 1. The summed E-state index contributed by atoms with van der Waals surface area (Å²) < 4.78 is 6.72. The molecule has 0 N–H and O–H groups in total. The standard InChI is InChI=1S/C35H37NO/c1-20(2)17-35(18-21(3)4)29-11-9-8-10-25(29)27-16-32-28(15-30(27)35)26-13-12-22(5)33(34(26)37-32)31-14-23(6)24(7)19-36-31/h8-16,19-21H,17-18H2,1-7H3. The molecule has 0 saturated carbocycles. The number of hydrogen-bond donors (Lipinski definition) is 0. The van der Waals surface area contributed by atoms with E-state index in [2.05, 4.69) is 103 Å². The second-order valence-electron chi connectivity index (χ2n) is 12.1. The van der Waals surface area contributed by atoms with Crippen molar-refractivity contribution in [1.82, 2.24) is 4.98 Å². The van der Waals surface area contributed by atoms with Gasteiger partial charge in [0.15, 0.2) is 0 Å². The van der Waals surface area contributed by atoms with Gasteiger partial charge in [0.1, 0.15) is 11.2 Å². The second kappa shape index (κ2) is 8.58.